The molecule has 1 atom stereocenters. The third-order valence-corrected chi connectivity index (χ3v) is 6.62. The van der Waals surface area contributed by atoms with Crippen molar-refractivity contribution >= 4 is 17.9 Å². The maximum atomic E-state index is 13.1. The van der Waals surface area contributed by atoms with Gasteiger partial charge in [0, 0.05) is 58.8 Å². The molecule has 0 bridgehead atoms. The normalized spacial score (nSPS) is 19.1. The molecule has 2 aromatic rings. The number of carbonyl (C=O) groups is 2. The fraction of sp³-hybridized carbons (Fsp3) is 0.481. The van der Waals surface area contributed by atoms with Crippen LogP contribution in [0, 0.1) is 6.92 Å². The summed E-state index contributed by atoms with van der Waals surface area (Å²) in [5, 5.41) is 0. The molecule has 34 heavy (non-hydrogen) atoms. The van der Waals surface area contributed by atoms with Crippen molar-refractivity contribution in [1.82, 2.24) is 14.7 Å². The highest BCUT2D eigenvalue weighted by Gasteiger charge is 2.27. The molecule has 3 heterocycles. The Kier molecular flexibility index (Phi) is 8.55. The molecule has 1 aromatic heterocycles. The van der Waals surface area contributed by atoms with E-state index in [1.165, 1.54) is 11.8 Å². The van der Waals surface area contributed by atoms with E-state index in [4.69, 9.17) is 9.15 Å². The van der Waals surface area contributed by atoms with Gasteiger partial charge in [0.2, 0.25) is 5.91 Å². The van der Waals surface area contributed by atoms with Crippen molar-refractivity contribution in [2.24, 2.45) is 0 Å². The third kappa shape index (κ3) is 6.58. The molecule has 7 nitrogen and oxygen atoms in total. The summed E-state index contributed by atoms with van der Waals surface area (Å²) >= 11 is 0. The van der Waals surface area contributed by atoms with Crippen LogP contribution in [0.3, 0.4) is 0 Å². The lowest BCUT2D eigenvalue weighted by Gasteiger charge is -2.34. The van der Waals surface area contributed by atoms with Crippen molar-refractivity contribution in [3.05, 3.63) is 65.6 Å². The molecule has 7 heteroatoms. The lowest BCUT2D eigenvalue weighted by atomic mass is 10.1. The first-order chi connectivity index (χ1) is 16.6. The quantitative estimate of drug-likeness (QED) is 0.568. The van der Waals surface area contributed by atoms with E-state index >= 15 is 0 Å². The summed E-state index contributed by atoms with van der Waals surface area (Å²) in [7, 11) is 0. The minimum atomic E-state index is -0.0930. The molecule has 0 aliphatic carbocycles. The Labute approximate surface area is 202 Å². The van der Waals surface area contributed by atoms with Crippen LogP contribution in [-0.4, -0.2) is 85.0 Å². The van der Waals surface area contributed by atoms with E-state index in [-0.39, 0.29) is 17.9 Å². The molecule has 0 spiro atoms. The van der Waals surface area contributed by atoms with Gasteiger partial charge in [-0.05, 0) is 31.4 Å². The SMILES string of the molecule is Cc1occc1C(=O)N(CCC(=O)N1CCN(CC=Cc2ccccc2)CC1)CC1CCCO1. The van der Waals surface area contributed by atoms with Gasteiger partial charge in [-0.1, -0.05) is 42.5 Å². The van der Waals surface area contributed by atoms with E-state index < -0.39 is 0 Å². The number of piperazine rings is 1. The van der Waals surface area contributed by atoms with Crippen LogP contribution in [0.1, 0.15) is 40.9 Å². The predicted molar refractivity (Wildman–Crippen MR) is 131 cm³/mol. The number of hydrogen-bond acceptors (Lipinski definition) is 5. The number of ether oxygens (including phenoxy) is 1. The van der Waals surface area contributed by atoms with Crippen LogP contribution in [-0.2, 0) is 9.53 Å². The summed E-state index contributed by atoms with van der Waals surface area (Å²) in [6, 6.07) is 12.0. The first-order valence-corrected chi connectivity index (χ1v) is 12.3. The van der Waals surface area contributed by atoms with Gasteiger partial charge in [-0.15, -0.1) is 0 Å². The third-order valence-electron chi connectivity index (χ3n) is 6.62. The zero-order valence-electron chi connectivity index (χ0n) is 20.0. The molecule has 2 fully saturated rings. The molecular weight excluding hydrogens is 430 g/mol. The number of benzene rings is 1. The fourth-order valence-corrected chi connectivity index (χ4v) is 4.56. The van der Waals surface area contributed by atoms with Crippen LogP contribution < -0.4 is 0 Å². The van der Waals surface area contributed by atoms with Crippen LogP contribution in [0.5, 0.6) is 0 Å². The Hall–Kier alpha value is -2.90. The van der Waals surface area contributed by atoms with Gasteiger partial charge in [-0.25, -0.2) is 0 Å². The van der Waals surface area contributed by atoms with Gasteiger partial charge in [-0.2, -0.15) is 0 Å². The number of furan rings is 1. The fourth-order valence-electron chi connectivity index (χ4n) is 4.56. The van der Waals surface area contributed by atoms with Crippen LogP contribution in [0.2, 0.25) is 0 Å². The minimum absolute atomic E-state index is 0.0405. The second kappa shape index (κ2) is 12.0. The maximum Gasteiger partial charge on any atom is 0.257 e. The second-order valence-electron chi connectivity index (χ2n) is 9.02. The van der Waals surface area contributed by atoms with Gasteiger partial charge >= 0.3 is 0 Å². The van der Waals surface area contributed by atoms with Crippen molar-refractivity contribution in [2.45, 2.75) is 32.3 Å². The van der Waals surface area contributed by atoms with Crippen molar-refractivity contribution < 1.29 is 18.7 Å². The molecule has 0 saturated carbocycles. The van der Waals surface area contributed by atoms with Crippen LogP contribution in [0.4, 0.5) is 0 Å². The van der Waals surface area contributed by atoms with Crippen molar-refractivity contribution in [2.75, 3.05) is 52.4 Å². The van der Waals surface area contributed by atoms with Crippen LogP contribution in [0.15, 0.2) is 53.2 Å². The molecule has 0 radical (unpaired) electrons. The highest BCUT2D eigenvalue weighted by Crippen LogP contribution is 2.18. The van der Waals surface area contributed by atoms with Gasteiger partial charge in [0.25, 0.3) is 5.91 Å². The Morgan fingerprint density at radius 3 is 2.59 bits per heavy atom. The summed E-state index contributed by atoms with van der Waals surface area (Å²) in [5.74, 6) is 0.615. The molecule has 2 saturated heterocycles. The molecule has 1 aromatic carbocycles. The Balaban J connectivity index is 1.25. The smallest absolute Gasteiger partial charge is 0.257 e. The standard InChI is InChI=1S/C27H35N3O4/c1-22-25(12-20-33-22)27(32)30(21-24-10-6-19-34-24)14-11-26(31)29-17-15-28(16-18-29)13-5-9-23-7-3-2-4-8-23/h2-5,7-9,12,20,24H,6,10-11,13-19,21H2,1H3. The summed E-state index contributed by atoms with van der Waals surface area (Å²) in [5.41, 5.74) is 1.76. The summed E-state index contributed by atoms with van der Waals surface area (Å²) in [6.45, 7) is 7.47. The van der Waals surface area contributed by atoms with Crippen molar-refractivity contribution in [3.63, 3.8) is 0 Å². The van der Waals surface area contributed by atoms with Gasteiger partial charge in [-0.3, -0.25) is 14.5 Å². The van der Waals surface area contributed by atoms with E-state index in [1.54, 1.807) is 17.9 Å². The van der Waals surface area contributed by atoms with Crippen LogP contribution >= 0.6 is 0 Å². The van der Waals surface area contributed by atoms with Gasteiger partial charge < -0.3 is 19.0 Å². The average Bonchev–Trinajstić information content (AvgIpc) is 3.54. The number of carbonyl (C=O) groups excluding carboxylic acids is 2. The summed E-state index contributed by atoms with van der Waals surface area (Å²) in [4.78, 5) is 32.1. The molecule has 4 rings (SSSR count). The maximum absolute atomic E-state index is 13.1. The Bertz CT molecular complexity index is 957. The molecule has 0 N–H and O–H groups in total. The second-order valence-corrected chi connectivity index (χ2v) is 9.02. The molecule has 182 valence electrons. The van der Waals surface area contributed by atoms with E-state index in [0.717, 1.165) is 52.2 Å². The van der Waals surface area contributed by atoms with Gasteiger partial charge in [0.05, 0.1) is 17.9 Å². The van der Waals surface area contributed by atoms with E-state index in [1.807, 2.05) is 23.1 Å². The summed E-state index contributed by atoms with van der Waals surface area (Å²) in [6.07, 6.45) is 8.18. The number of hydrogen-bond donors (Lipinski definition) is 0. The zero-order chi connectivity index (χ0) is 23.8. The molecular formula is C27H35N3O4. The largest absolute Gasteiger partial charge is 0.469 e. The predicted octanol–water partition coefficient (Wildman–Crippen LogP) is 3.46. The van der Waals surface area contributed by atoms with E-state index in [9.17, 15) is 9.59 Å². The van der Waals surface area contributed by atoms with Gasteiger partial charge in [0.15, 0.2) is 0 Å². The van der Waals surface area contributed by atoms with Crippen molar-refractivity contribution in [1.29, 1.82) is 0 Å². The lowest BCUT2D eigenvalue weighted by molar-refractivity contribution is -0.133. The van der Waals surface area contributed by atoms with E-state index in [0.29, 0.717) is 30.8 Å². The molecule has 1 unspecified atom stereocenters. The highest BCUT2D eigenvalue weighted by molar-refractivity contribution is 5.95. The zero-order valence-corrected chi connectivity index (χ0v) is 20.0. The molecule has 2 amide bonds. The Morgan fingerprint density at radius 1 is 1.12 bits per heavy atom. The summed E-state index contributed by atoms with van der Waals surface area (Å²) < 4.78 is 11.1. The first-order valence-electron chi connectivity index (χ1n) is 12.3. The number of nitrogens with zero attached hydrogens (tertiary/aromatic N) is 3. The number of rotatable bonds is 9. The molecule has 2 aliphatic heterocycles. The Morgan fingerprint density at radius 2 is 1.91 bits per heavy atom. The molecule has 2 aliphatic rings. The van der Waals surface area contributed by atoms with Crippen LogP contribution in [0.25, 0.3) is 6.08 Å². The highest BCUT2D eigenvalue weighted by atomic mass is 16.5. The van der Waals surface area contributed by atoms with E-state index in [2.05, 4.69) is 29.2 Å². The number of amides is 2. The first kappa shape index (κ1) is 24.2. The van der Waals surface area contributed by atoms with Crippen molar-refractivity contribution in [3.8, 4) is 0 Å². The topological polar surface area (TPSA) is 66.2 Å². The average molecular weight is 466 g/mol. The lowest BCUT2D eigenvalue weighted by Crippen LogP contribution is -2.49. The van der Waals surface area contributed by atoms with Gasteiger partial charge in [0.1, 0.15) is 5.76 Å². The number of aryl methyl sites for hydroxylation is 1. The monoisotopic (exact) mass is 465 g/mol. The minimum Gasteiger partial charge on any atom is -0.469 e.